The van der Waals surface area contributed by atoms with E-state index in [1.54, 1.807) is 0 Å². The van der Waals surface area contributed by atoms with E-state index in [4.69, 9.17) is 11.6 Å². The number of rotatable bonds is 4. The van der Waals surface area contributed by atoms with Crippen LogP contribution in [0.3, 0.4) is 0 Å². The number of aromatic nitrogens is 2. The third-order valence-corrected chi connectivity index (χ3v) is 6.11. The number of carbonyl (C=O) groups excluding carboxylic acids is 1. The molecule has 1 aliphatic heterocycles. The summed E-state index contributed by atoms with van der Waals surface area (Å²) in [6, 6.07) is 9.96. The zero-order valence-corrected chi connectivity index (χ0v) is 16.2. The van der Waals surface area contributed by atoms with Gasteiger partial charge in [-0.15, -0.1) is 11.3 Å². The molecule has 0 spiro atoms. The van der Waals surface area contributed by atoms with Crippen molar-refractivity contribution in [2.75, 3.05) is 13.1 Å². The maximum atomic E-state index is 12.6. The molecule has 2 aromatic heterocycles. The van der Waals surface area contributed by atoms with E-state index in [-0.39, 0.29) is 11.9 Å². The van der Waals surface area contributed by atoms with Crippen LogP contribution in [0.25, 0.3) is 10.2 Å². The number of halogens is 1. The number of carbonyl (C=O) groups is 1. The van der Waals surface area contributed by atoms with Crippen molar-refractivity contribution in [3.63, 3.8) is 0 Å². The third kappa shape index (κ3) is 3.63. The van der Waals surface area contributed by atoms with E-state index >= 15 is 0 Å². The van der Waals surface area contributed by atoms with Crippen LogP contribution in [0.4, 0.5) is 0 Å². The first-order valence-corrected chi connectivity index (χ1v) is 10.0. The van der Waals surface area contributed by atoms with Crippen molar-refractivity contribution in [1.29, 1.82) is 0 Å². The molecule has 1 saturated heterocycles. The van der Waals surface area contributed by atoms with Crippen LogP contribution < -0.4 is 10.6 Å². The summed E-state index contributed by atoms with van der Waals surface area (Å²) >= 11 is 7.47. The lowest BCUT2D eigenvalue weighted by Gasteiger charge is -2.23. The molecule has 4 rings (SSSR count). The Balaban J connectivity index is 1.56. The number of amides is 1. The molecule has 1 aliphatic rings. The first kappa shape index (κ1) is 17.5. The Kier molecular flexibility index (Phi) is 4.98. The van der Waals surface area contributed by atoms with Crippen LogP contribution in [0.2, 0.25) is 5.02 Å². The number of nitrogens with zero attached hydrogens (tertiary/aromatic N) is 2. The van der Waals surface area contributed by atoms with Crippen LogP contribution in [0.5, 0.6) is 0 Å². The van der Waals surface area contributed by atoms with Gasteiger partial charge in [-0.3, -0.25) is 9.48 Å². The zero-order chi connectivity index (χ0) is 18.1. The van der Waals surface area contributed by atoms with Gasteiger partial charge in [-0.05, 0) is 50.1 Å². The highest BCUT2D eigenvalue weighted by Crippen LogP contribution is 2.29. The molecule has 3 heterocycles. The number of aryl methyl sites for hydroxylation is 1. The lowest BCUT2D eigenvalue weighted by molar-refractivity contribution is 0.0935. The molecule has 5 nitrogen and oxygen atoms in total. The van der Waals surface area contributed by atoms with Gasteiger partial charge < -0.3 is 10.6 Å². The Bertz CT molecular complexity index is 925. The van der Waals surface area contributed by atoms with E-state index < -0.39 is 0 Å². The summed E-state index contributed by atoms with van der Waals surface area (Å²) in [6.07, 6.45) is 2.14. The van der Waals surface area contributed by atoms with Gasteiger partial charge in [0.2, 0.25) is 0 Å². The number of fused-ring (bicyclic) bond motifs is 1. The third-order valence-electron chi connectivity index (χ3n) is 4.71. The monoisotopic (exact) mass is 388 g/mol. The minimum absolute atomic E-state index is 0.0114. The molecule has 1 amide bonds. The lowest BCUT2D eigenvalue weighted by atomic mass is 10.1. The Hall–Kier alpha value is -1.89. The van der Waals surface area contributed by atoms with Crippen LogP contribution in [-0.4, -0.2) is 34.8 Å². The minimum Gasteiger partial charge on any atom is -0.347 e. The van der Waals surface area contributed by atoms with Crippen LogP contribution in [0, 0.1) is 6.92 Å². The highest BCUT2D eigenvalue weighted by atomic mass is 35.5. The van der Waals surface area contributed by atoms with Crippen LogP contribution in [-0.2, 0) is 6.54 Å². The van der Waals surface area contributed by atoms with Gasteiger partial charge in [0.25, 0.3) is 5.91 Å². The second kappa shape index (κ2) is 7.39. The molecule has 136 valence electrons. The molecule has 1 aromatic carbocycles. The molecular weight excluding hydrogens is 368 g/mol. The van der Waals surface area contributed by atoms with Crippen molar-refractivity contribution in [1.82, 2.24) is 20.4 Å². The fourth-order valence-electron chi connectivity index (χ4n) is 3.33. The van der Waals surface area contributed by atoms with Crippen molar-refractivity contribution in [2.45, 2.75) is 32.4 Å². The fourth-order valence-corrected chi connectivity index (χ4v) is 4.52. The number of hydrogen-bond acceptors (Lipinski definition) is 4. The highest BCUT2D eigenvalue weighted by molar-refractivity contribution is 7.20. The van der Waals surface area contributed by atoms with Gasteiger partial charge in [0, 0.05) is 23.0 Å². The Labute approximate surface area is 161 Å². The van der Waals surface area contributed by atoms with Gasteiger partial charge in [0.1, 0.15) is 4.83 Å². The molecule has 1 atom stereocenters. The summed E-state index contributed by atoms with van der Waals surface area (Å²) in [6.45, 7) is 4.53. The standard InChI is InChI=1S/C19H21ClN4OS/c1-12-16-9-17(18(25)22-15-3-2-8-21-10-15)26-19(16)24(23-12)11-13-4-6-14(20)7-5-13/h4-7,9,15,21H,2-3,8,10-11H2,1H3,(H,22,25)/t15-/m0/s1. The van der Waals surface area contributed by atoms with Crippen molar-refractivity contribution < 1.29 is 4.79 Å². The molecule has 0 aliphatic carbocycles. The maximum Gasteiger partial charge on any atom is 0.261 e. The normalized spacial score (nSPS) is 17.5. The van der Waals surface area contributed by atoms with E-state index in [0.29, 0.717) is 6.54 Å². The largest absolute Gasteiger partial charge is 0.347 e. The maximum absolute atomic E-state index is 12.6. The average molecular weight is 389 g/mol. The zero-order valence-electron chi connectivity index (χ0n) is 14.6. The van der Waals surface area contributed by atoms with Gasteiger partial charge in [0.05, 0.1) is 17.1 Å². The number of nitrogens with one attached hydrogen (secondary N) is 2. The van der Waals surface area contributed by atoms with Gasteiger partial charge in [-0.2, -0.15) is 5.10 Å². The summed E-state index contributed by atoms with van der Waals surface area (Å²) in [4.78, 5) is 14.4. The van der Waals surface area contributed by atoms with Gasteiger partial charge in [-0.25, -0.2) is 0 Å². The van der Waals surface area contributed by atoms with Crippen LogP contribution >= 0.6 is 22.9 Å². The Morgan fingerprint density at radius 3 is 2.96 bits per heavy atom. The summed E-state index contributed by atoms with van der Waals surface area (Å²) < 4.78 is 1.97. The molecule has 0 radical (unpaired) electrons. The van der Waals surface area contributed by atoms with E-state index in [1.165, 1.54) is 11.3 Å². The van der Waals surface area contributed by atoms with Crippen molar-refractivity contribution in [2.24, 2.45) is 0 Å². The summed E-state index contributed by atoms with van der Waals surface area (Å²) in [5, 5.41) is 12.9. The first-order chi connectivity index (χ1) is 12.6. The summed E-state index contributed by atoms with van der Waals surface area (Å²) in [5.74, 6) is 0.0114. The van der Waals surface area contributed by atoms with Crippen molar-refractivity contribution in [3.05, 3.63) is 51.5 Å². The molecule has 0 saturated carbocycles. The minimum atomic E-state index is 0.0114. The fraction of sp³-hybridized carbons (Fsp3) is 0.368. The van der Waals surface area contributed by atoms with Gasteiger partial charge in [0.15, 0.2) is 0 Å². The number of hydrogen-bond donors (Lipinski definition) is 2. The summed E-state index contributed by atoms with van der Waals surface area (Å²) in [7, 11) is 0. The van der Waals surface area contributed by atoms with Gasteiger partial charge in [-0.1, -0.05) is 23.7 Å². The van der Waals surface area contributed by atoms with Crippen LogP contribution in [0.15, 0.2) is 30.3 Å². The van der Waals surface area contributed by atoms with Crippen molar-refractivity contribution in [3.8, 4) is 0 Å². The molecule has 1 fully saturated rings. The molecule has 0 bridgehead atoms. The summed E-state index contributed by atoms with van der Waals surface area (Å²) in [5.41, 5.74) is 2.08. The van der Waals surface area contributed by atoms with E-state index in [2.05, 4.69) is 15.7 Å². The van der Waals surface area contributed by atoms with Crippen LogP contribution in [0.1, 0.15) is 33.8 Å². The molecule has 26 heavy (non-hydrogen) atoms. The van der Waals surface area contributed by atoms with E-state index in [9.17, 15) is 4.79 Å². The molecule has 0 unspecified atom stereocenters. The predicted molar refractivity (Wildman–Crippen MR) is 106 cm³/mol. The number of piperidine rings is 1. The van der Waals surface area contributed by atoms with E-state index in [0.717, 1.165) is 57.3 Å². The Morgan fingerprint density at radius 2 is 2.23 bits per heavy atom. The second-order valence-electron chi connectivity index (χ2n) is 6.72. The van der Waals surface area contributed by atoms with E-state index in [1.807, 2.05) is 41.9 Å². The SMILES string of the molecule is Cc1nn(Cc2ccc(Cl)cc2)c2sc(C(=O)N[C@H]3CCCNC3)cc12. The predicted octanol–water partition coefficient (Wildman–Crippen LogP) is 3.59. The smallest absolute Gasteiger partial charge is 0.261 e. The first-order valence-electron chi connectivity index (χ1n) is 8.83. The molecule has 3 aromatic rings. The molecule has 7 heteroatoms. The van der Waals surface area contributed by atoms with Gasteiger partial charge >= 0.3 is 0 Å². The quantitative estimate of drug-likeness (QED) is 0.718. The Morgan fingerprint density at radius 1 is 1.42 bits per heavy atom. The second-order valence-corrected chi connectivity index (χ2v) is 8.18. The van der Waals surface area contributed by atoms with Crippen molar-refractivity contribution >= 4 is 39.1 Å². The topological polar surface area (TPSA) is 59.0 Å². The lowest BCUT2D eigenvalue weighted by Crippen LogP contribution is -2.45. The molecule has 2 N–H and O–H groups in total. The number of thiophene rings is 1. The average Bonchev–Trinajstić information content (AvgIpc) is 3.20. The number of benzene rings is 1. The highest BCUT2D eigenvalue weighted by Gasteiger charge is 2.20. The molecular formula is C19H21ClN4OS.